The second-order valence-electron chi connectivity index (χ2n) is 6.99. The molecule has 0 radical (unpaired) electrons. The average Bonchev–Trinajstić information content (AvgIpc) is 2.87. The zero-order valence-corrected chi connectivity index (χ0v) is 19.2. The van der Waals surface area contributed by atoms with Crippen LogP contribution in [0, 0.1) is 0 Å². The van der Waals surface area contributed by atoms with Gasteiger partial charge in [0.1, 0.15) is 6.54 Å². The van der Waals surface area contributed by atoms with Gasteiger partial charge in [-0.05, 0) is 42.5 Å². The summed E-state index contributed by atoms with van der Waals surface area (Å²) < 4.78 is 37.0. The molecule has 1 N–H and O–H groups in total. The molecule has 0 atom stereocenters. The topological polar surface area (TPSA) is 119 Å². The highest BCUT2D eigenvalue weighted by atomic mass is 32.2. The molecule has 10 heteroatoms. The number of benzene rings is 3. The molecule has 176 valence electrons. The number of anilines is 2. The minimum absolute atomic E-state index is 0.0116. The summed E-state index contributed by atoms with van der Waals surface area (Å²) in [5.41, 5.74) is 0.411. The van der Waals surface area contributed by atoms with Gasteiger partial charge in [0.05, 0.1) is 35.9 Å². The average molecular weight is 483 g/mol. The Balaban J connectivity index is 1.94. The lowest BCUT2D eigenvalue weighted by Gasteiger charge is -2.24. The van der Waals surface area contributed by atoms with E-state index in [4.69, 9.17) is 0 Å². The number of sulfonamides is 1. The van der Waals surface area contributed by atoms with Gasteiger partial charge in [0.2, 0.25) is 5.91 Å². The normalized spacial score (nSPS) is 10.8. The van der Waals surface area contributed by atoms with Crippen molar-refractivity contribution in [3.05, 3.63) is 90.0 Å². The van der Waals surface area contributed by atoms with Crippen LogP contribution in [0.3, 0.4) is 0 Å². The fraction of sp³-hybridized carbons (Fsp3) is 0.125. The van der Waals surface area contributed by atoms with Gasteiger partial charge in [-0.2, -0.15) is 0 Å². The molecule has 9 nitrogen and oxygen atoms in total. The van der Waals surface area contributed by atoms with Crippen LogP contribution < -0.4 is 9.62 Å². The molecule has 0 saturated heterocycles. The maximum Gasteiger partial charge on any atom is 0.337 e. The lowest BCUT2D eigenvalue weighted by Crippen LogP contribution is -2.38. The fourth-order valence-electron chi connectivity index (χ4n) is 3.13. The van der Waals surface area contributed by atoms with Crippen LogP contribution in [0.4, 0.5) is 11.4 Å². The lowest BCUT2D eigenvalue weighted by molar-refractivity contribution is -0.114. The van der Waals surface area contributed by atoms with Crippen molar-refractivity contribution in [2.24, 2.45) is 0 Å². The Bertz CT molecular complexity index is 1260. The number of para-hydroxylation sites is 1. The Labute approximate surface area is 197 Å². The summed E-state index contributed by atoms with van der Waals surface area (Å²) in [4.78, 5) is 36.9. The molecule has 0 saturated carbocycles. The Morgan fingerprint density at radius 3 is 1.79 bits per heavy atom. The molecule has 0 aliphatic heterocycles. The molecule has 0 bridgehead atoms. The number of methoxy groups -OCH3 is 2. The van der Waals surface area contributed by atoms with E-state index in [2.05, 4.69) is 14.8 Å². The number of nitrogens with zero attached hydrogens (tertiary/aromatic N) is 1. The quantitative estimate of drug-likeness (QED) is 0.490. The molecule has 0 aromatic heterocycles. The molecular formula is C24H22N2O7S. The molecule has 3 rings (SSSR count). The number of carbonyl (C=O) groups excluding carboxylic acids is 3. The maximum atomic E-state index is 13.3. The number of rotatable bonds is 8. The first-order chi connectivity index (χ1) is 16.3. The van der Waals surface area contributed by atoms with Crippen LogP contribution in [0.2, 0.25) is 0 Å². The van der Waals surface area contributed by atoms with Crippen molar-refractivity contribution in [2.45, 2.75) is 4.90 Å². The van der Waals surface area contributed by atoms with Crippen LogP contribution in [0.15, 0.2) is 83.8 Å². The van der Waals surface area contributed by atoms with E-state index in [1.54, 1.807) is 48.5 Å². The van der Waals surface area contributed by atoms with E-state index in [0.717, 1.165) is 4.31 Å². The summed E-state index contributed by atoms with van der Waals surface area (Å²) in [6.07, 6.45) is 0. The Morgan fingerprint density at radius 2 is 1.29 bits per heavy atom. The number of nitrogens with one attached hydrogen (secondary N) is 1. The van der Waals surface area contributed by atoms with Crippen LogP contribution >= 0.6 is 0 Å². The van der Waals surface area contributed by atoms with Crippen molar-refractivity contribution in [3.63, 3.8) is 0 Å². The Morgan fingerprint density at radius 1 is 0.794 bits per heavy atom. The highest BCUT2D eigenvalue weighted by Gasteiger charge is 2.27. The van der Waals surface area contributed by atoms with Crippen LogP contribution in [0.5, 0.6) is 0 Å². The molecular weight excluding hydrogens is 460 g/mol. The Kier molecular flexibility index (Phi) is 7.64. The molecule has 34 heavy (non-hydrogen) atoms. The summed E-state index contributed by atoms with van der Waals surface area (Å²) in [5.74, 6) is -2.14. The monoisotopic (exact) mass is 482 g/mol. The van der Waals surface area contributed by atoms with Gasteiger partial charge >= 0.3 is 11.9 Å². The first-order valence-corrected chi connectivity index (χ1v) is 11.4. The van der Waals surface area contributed by atoms with Crippen molar-refractivity contribution in [1.82, 2.24) is 0 Å². The molecule has 0 unspecified atom stereocenters. The molecule has 0 heterocycles. The van der Waals surface area contributed by atoms with E-state index in [9.17, 15) is 22.8 Å². The second-order valence-corrected chi connectivity index (χ2v) is 8.85. The number of hydrogen-bond acceptors (Lipinski definition) is 7. The van der Waals surface area contributed by atoms with E-state index >= 15 is 0 Å². The standard InChI is InChI=1S/C24H22N2O7S/c1-32-23(28)17-13-18(24(29)33-2)15-19(14-17)25-22(27)16-26(20-9-5-3-6-10-20)34(30,31)21-11-7-4-8-12-21/h3-15H,16H2,1-2H3,(H,25,27). The summed E-state index contributed by atoms with van der Waals surface area (Å²) >= 11 is 0. The minimum atomic E-state index is -4.07. The zero-order chi connectivity index (χ0) is 24.7. The van der Waals surface area contributed by atoms with Gasteiger partial charge in [-0.1, -0.05) is 36.4 Å². The Hall–Kier alpha value is -4.18. The van der Waals surface area contributed by atoms with Crippen LogP contribution in [0.25, 0.3) is 0 Å². The third-order valence-electron chi connectivity index (χ3n) is 4.72. The van der Waals surface area contributed by atoms with Crippen molar-refractivity contribution >= 4 is 39.2 Å². The van der Waals surface area contributed by atoms with Crippen LogP contribution in [0.1, 0.15) is 20.7 Å². The minimum Gasteiger partial charge on any atom is -0.465 e. The third-order valence-corrected chi connectivity index (χ3v) is 6.51. The molecule has 3 aromatic rings. The van der Waals surface area contributed by atoms with E-state index in [-0.39, 0.29) is 21.7 Å². The highest BCUT2D eigenvalue weighted by Crippen LogP contribution is 2.24. The van der Waals surface area contributed by atoms with E-state index in [1.807, 2.05) is 0 Å². The molecule has 0 spiro atoms. The van der Waals surface area contributed by atoms with Crippen molar-refractivity contribution < 1.29 is 32.3 Å². The van der Waals surface area contributed by atoms with Gasteiger partial charge in [0, 0.05) is 5.69 Å². The zero-order valence-electron chi connectivity index (χ0n) is 18.4. The van der Waals surface area contributed by atoms with Crippen molar-refractivity contribution in [1.29, 1.82) is 0 Å². The molecule has 1 amide bonds. The summed E-state index contributed by atoms with van der Waals surface area (Å²) in [6.45, 7) is -0.558. The number of ether oxygens (including phenoxy) is 2. The van der Waals surface area contributed by atoms with Gasteiger partial charge in [-0.3, -0.25) is 9.10 Å². The van der Waals surface area contributed by atoms with Gasteiger partial charge in [-0.15, -0.1) is 0 Å². The van der Waals surface area contributed by atoms with Crippen LogP contribution in [-0.4, -0.2) is 47.0 Å². The number of esters is 2. The van der Waals surface area contributed by atoms with Gasteiger partial charge in [0.25, 0.3) is 10.0 Å². The van der Waals surface area contributed by atoms with E-state index < -0.39 is 34.4 Å². The summed E-state index contributed by atoms with van der Waals surface area (Å²) in [5, 5.41) is 2.54. The summed E-state index contributed by atoms with van der Waals surface area (Å²) in [6, 6.07) is 19.8. The van der Waals surface area contributed by atoms with Gasteiger partial charge in [0.15, 0.2) is 0 Å². The maximum absolute atomic E-state index is 13.3. The highest BCUT2D eigenvalue weighted by molar-refractivity contribution is 7.92. The first-order valence-electron chi connectivity index (χ1n) is 10.0. The molecule has 3 aromatic carbocycles. The van der Waals surface area contributed by atoms with E-state index in [0.29, 0.717) is 5.69 Å². The lowest BCUT2D eigenvalue weighted by atomic mass is 10.1. The summed E-state index contributed by atoms with van der Waals surface area (Å²) in [7, 11) is -1.71. The molecule has 0 aliphatic rings. The van der Waals surface area contributed by atoms with Crippen molar-refractivity contribution in [3.8, 4) is 0 Å². The molecule has 0 aliphatic carbocycles. The number of amides is 1. The van der Waals surface area contributed by atoms with Crippen molar-refractivity contribution in [2.75, 3.05) is 30.4 Å². The predicted molar refractivity (Wildman–Crippen MR) is 125 cm³/mol. The number of hydrogen-bond donors (Lipinski definition) is 1. The largest absolute Gasteiger partial charge is 0.465 e. The van der Waals surface area contributed by atoms with Gasteiger partial charge < -0.3 is 14.8 Å². The molecule has 0 fully saturated rings. The third kappa shape index (κ3) is 5.59. The predicted octanol–water partition coefficient (Wildman–Crippen LogP) is 3.09. The van der Waals surface area contributed by atoms with Crippen LogP contribution in [-0.2, 0) is 24.3 Å². The number of carbonyl (C=O) groups is 3. The fourth-order valence-corrected chi connectivity index (χ4v) is 4.57. The first kappa shape index (κ1) is 24.5. The van der Waals surface area contributed by atoms with E-state index in [1.165, 1.54) is 44.6 Å². The van der Waals surface area contributed by atoms with Gasteiger partial charge in [-0.25, -0.2) is 18.0 Å². The second kappa shape index (κ2) is 10.6. The smallest absolute Gasteiger partial charge is 0.337 e. The SMILES string of the molecule is COC(=O)c1cc(NC(=O)CN(c2ccccc2)S(=O)(=O)c2ccccc2)cc(C(=O)OC)c1.